The Morgan fingerprint density at radius 1 is 0.282 bits per heavy atom. The van der Waals surface area contributed by atoms with Gasteiger partial charge in [-0.3, -0.25) is 43.5 Å². The number of hydrogen-bond donors (Lipinski definition) is 3. The van der Waals surface area contributed by atoms with E-state index in [2.05, 4.69) is 317 Å². The molecule has 12 aromatic carbocycles. The summed E-state index contributed by atoms with van der Waals surface area (Å²) in [5.74, 6) is -0.255. The number of aryl methyl sites for hydroxylation is 4. The van der Waals surface area contributed by atoms with E-state index in [9.17, 15) is 38.4 Å². The molecule has 6 aliphatic rings. The summed E-state index contributed by atoms with van der Waals surface area (Å²) in [4.78, 5) is 107. The first kappa shape index (κ1) is 114. The van der Waals surface area contributed by atoms with Gasteiger partial charge in [-0.05, 0) is 402 Å². The van der Waals surface area contributed by atoms with Crippen LogP contribution in [0.3, 0.4) is 0 Å². The molecule has 18 rings (SSSR count). The fourth-order valence-corrected chi connectivity index (χ4v) is 23.6. The normalized spacial score (nSPS) is 21.8. The Kier molecular flexibility index (Phi) is 33.3. The summed E-state index contributed by atoms with van der Waals surface area (Å²) in [7, 11) is 8.96. The van der Waals surface area contributed by atoms with Crippen molar-refractivity contribution >= 4 is 112 Å². The van der Waals surface area contributed by atoms with Crippen LogP contribution in [0.25, 0.3) is 64.6 Å². The summed E-state index contributed by atoms with van der Waals surface area (Å²) < 4.78 is 43.9. The second-order valence-electron chi connectivity index (χ2n) is 49.4. The van der Waals surface area contributed by atoms with Crippen molar-refractivity contribution in [2.24, 2.45) is 35.5 Å². The van der Waals surface area contributed by atoms with Crippen molar-refractivity contribution in [3.05, 3.63) is 263 Å². The lowest BCUT2D eigenvalue weighted by molar-refractivity contribution is -0.153. The van der Waals surface area contributed by atoms with Gasteiger partial charge in [0, 0.05) is 77.2 Å². The maximum absolute atomic E-state index is 12.9. The molecular weight excluding hydrogens is 1870 g/mol. The SMILES string of the molecule is COC(=O)c1ccc2cc(OC(=O)C3CC(C)(C)N(C)C3(C)C)ccc2c1.COC(=O)c1ccc2cc(OC(=O)C3CC(C)(C)NC3(C)C)ccc2c1.Cc1ccc2cc(COC(=O)C3CC(C)(C)N(C)C3(C)C)ccc2c1.Cc1ccc2cc(COC(=O)C3CC(C)(C)NC3(C)C)ccc2c1.Cc1cccc2c(OC(=O)C3CC(C)(C)N(C)C3(C)C)cccc12.Cc1cccc2c(OC(=O)C3CC(C)(C)NC3(C)C)cccc12. The Morgan fingerprint density at radius 3 is 0.879 bits per heavy atom. The number of nitrogens with zero attached hydrogens (tertiary/aromatic N) is 3. The van der Waals surface area contributed by atoms with Crippen molar-refractivity contribution in [1.82, 2.24) is 30.7 Å². The van der Waals surface area contributed by atoms with Crippen LogP contribution in [0.15, 0.2) is 218 Å². The van der Waals surface area contributed by atoms with E-state index in [1.165, 1.54) is 58.0 Å². The largest absolute Gasteiger partial charge is 0.465 e. The van der Waals surface area contributed by atoms with Crippen LogP contribution in [0.4, 0.5) is 0 Å². The molecule has 0 bridgehead atoms. The first-order valence-electron chi connectivity index (χ1n) is 52.3. The van der Waals surface area contributed by atoms with E-state index in [1.54, 1.807) is 36.4 Å². The minimum Gasteiger partial charge on any atom is -0.465 e. The number of carbonyl (C=O) groups is 8. The van der Waals surface area contributed by atoms with Gasteiger partial charge in [0.15, 0.2) is 0 Å². The topological polar surface area (TPSA) is 256 Å². The Balaban J connectivity index is 0.000000149. The molecule has 149 heavy (non-hydrogen) atoms. The number of likely N-dealkylation sites (tertiary alicyclic amines) is 3. The first-order chi connectivity index (χ1) is 69.3. The van der Waals surface area contributed by atoms with Crippen LogP contribution >= 0.6 is 0 Å². The van der Waals surface area contributed by atoms with Gasteiger partial charge in [0.25, 0.3) is 0 Å². The fourth-order valence-electron chi connectivity index (χ4n) is 23.6. The van der Waals surface area contributed by atoms with Crippen LogP contribution in [0, 0.1) is 63.2 Å². The van der Waals surface area contributed by atoms with Gasteiger partial charge in [0.2, 0.25) is 0 Å². The van der Waals surface area contributed by atoms with Gasteiger partial charge in [-0.1, -0.05) is 157 Å². The molecule has 22 heteroatoms. The lowest BCUT2D eigenvalue weighted by Gasteiger charge is -2.37. The Labute approximate surface area is 882 Å². The smallest absolute Gasteiger partial charge is 0.337 e. The lowest BCUT2D eigenvalue weighted by Crippen LogP contribution is -2.48. The van der Waals surface area contributed by atoms with E-state index in [1.807, 2.05) is 111 Å². The van der Waals surface area contributed by atoms with E-state index < -0.39 is 0 Å². The summed E-state index contributed by atoms with van der Waals surface area (Å²) in [5.41, 5.74) is 6.19. The Hall–Kier alpha value is -12.3. The number of ether oxygens (including phenoxy) is 8. The van der Waals surface area contributed by atoms with Crippen LogP contribution in [0.5, 0.6) is 23.0 Å². The quantitative estimate of drug-likeness (QED) is 0.0461. The molecule has 12 aromatic rings. The number of methoxy groups -OCH3 is 2. The number of hydrogen-bond acceptors (Lipinski definition) is 22. The highest BCUT2D eigenvalue weighted by molar-refractivity contribution is 5.99. The van der Waals surface area contributed by atoms with Crippen molar-refractivity contribution < 1.29 is 76.3 Å². The zero-order valence-corrected chi connectivity index (χ0v) is 94.3. The zero-order valence-electron chi connectivity index (χ0n) is 94.3. The maximum atomic E-state index is 12.9. The molecule has 6 unspecified atom stereocenters. The molecule has 0 aromatic heterocycles. The summed E-state index contributed by atoms with van der Waals surface area (Å²) >= 11 is 0. The molecule has 0 saturated carbocycles. The number of carbonyl (C=O) groups excluding carboxylic acids is 8. The van der Waals surface area contributed by atoms with Gasteiger partial charge in [0.05, 0.1) is 60.9 Å². The minimum atomic E-state index is -0.374. The van der Waals surface area contributed by atoms with Gasteiger partial charge in [-0.15, -0.1) is 0 Å². The number of fused-ring (bicyclic) bond motifs is 6. The third-order valence-electron chi connectivity index (χ3n) is 32.8. The number of esters is 8. The van der Waals surface area contributed by atoms with Crippen LogP contribution in [0.1, 0.15) is 259 Å². The van der Waals surface area contributed by atoms with Gasteiger partial charge >= 0.3 is 47.8 Å². The highest BCUT2D eigenvalue weighted by Gasteiger charge is 2.57. The molecule has 6 fully saturated rings. The van der Waals surface area contributed by atoms with E-state index in [-0.39, 0.29) is 150 Å². The van der Waals surface area contributed by atoms with Gasteiger partial charge in [-0.25, -0.2) is 9.59 Å². The molecule has 6 heterocycles. The number of benzene rings is 12. The zero-order chi connectivity index (χ0) is 110. The molecule has 6 saturated heterocycles. The van der Waals surface area contributed by atoms with E-state index in [0.717, 1.165) is 92.7 Å². The predicted octanol–water partition coefficient (Wildman–Crippen LogP) is 25.6. The molecule has 0 radical (unpaired) electrons. The molecule has 0 spiro atoms. The molecule has 0 aliphatic carbocycles. The van der Waals surface area contributed by atoms with Gasteiger partial charge < -0.3 is 53.8 Å². The van der Waals surface area contributed by atoms with Crippen LogP contribution in [0.2, 0.25) is 0 Å². The third kappa shape index (κ3) is 26.0. The van der Waals surface area contributed by atoms with Crippen LogP contribution in [-0.2, 0) is 60.9 Å². The second kappa shape index (κ2) is 43.6. The van der Waals surface area contributed by atoms with Gasteiger partial charge in [0.1, 0.15) is 36.2 Å². The lowest BCUT2D eigenvalue weighted by atomic mass is 9.87. The molecule has 6 aliphatic heterocycles. The van der Waals surface area contributed by atoms with Crippen molar-refractivity contribution in [2.75, 3.05) is 35.4 Å². The monoisotopic (exact) mass is 2030 g/mol. The molecule has 0 amide bonds. The molecule has 6 atom stereocenters. The van der Waals surface area contributed by atoms with E-state index in [4.69, 9.17) is 37.9 Å². The van der Waals surface area contributed by atoms with E-state index >= 15 is 0 Å². The van der Waals surface area contributed by atoms with Crippen molar-refractivity contribution in [1.29, 1.82) is 0 Å². The summed E-state index contributed by atoms with van der Waals surface area (Å²) in [6.07, 6.45) is 4.70. The minimum absolute atomic E-state index is 0.00793. The molecule has 794 valence electrons. The summed E-state index contributed by atoms with van der Waals surface area (Å²) in [6.45, 7) is 59.8. The average Bonchev–Trinajstić information content (AvgIpc) is 1.60. The summed E-state index contributed by atoms with van der Waals surface area (Å²) in [5, 5.41) is 23.2. The molecular formula is C127H160N6O16. The number of rotatable bonds is 16. The summed E-state index contributed by atoms with van der Waals surface area (Å²) in [6, 6.07) is 70.7. The van der Waals surface area contributed by atoms with E-state index in [0.29, 0.717) is 47.3 Å². The predicted molar refractivity (Wildman–Crippen MR) is 598 cm³/mol. The van der Waals surface area contributed by atoms with Gasteiger partial charge in [-0.2, -0.15) is 0 Å². The fraction of sp³-hybridized carbons (Fsp3) is 0.465. The van der Waals surface area contributed by atoms with Crippen LogP contribution < -0.4 is 34.9 Å². The molecule has 22 nitrogen and oxygen atoms in total. The van der Waals surface area contributed by atoms with Crippen LogP contribution in [-0.4, -0.2) is 164 Å². The third-order valence-corrected chi connectivity index (χ3v) is 32.8. The second-order valence-corrected chi connectivity index (χ2v) is 49.4. The van der Waals surface area contributed by atoms with Crippen molar-refractivity contribution in [3.63, 3.8) is 0 Å². The standard InChI is InChI=1S/C22H27NO4.C22H29NO2.C21H25NO4.2C21H27NO2.C20H25NO2/c1-21(2)13-18(22(3,4)23(21)5)20(25)27-17-10-9-14-11-16(19(24)26-6)8-7-15(14)12-17;1-15-7-9-18-12-16(8-10-17(18)11-15)14-25-20(24)19-13-21(2,3)23(6)22(19,4)5;1-20(2)12-17(21(3,4)22-20)19(24)26-16-9-8-13-10-15(18(23)25-5)7-6-14(13)11-16;1-14-9-7-11-16-15(14)10-8-12-18(16)24-19(23)17-13-20(2,3)22(6)21(17,4)5;1-14-6-8-17-11-15(7-9-16(17)10-14)13-24-19(23)18-12-20(2,3)22-21(18,4)5;1-13-8-6-10-15-14(13)9-7-11-17(15)23-18(22)16-12-19(2,3)21-20(16,4)5/h7-12,18H,13H2,1-6H3;7-12,19H,13-14H2,1-6H3;6-11,17,22H,12H2,1-5H3;7-12,17H,13H2,1-6H3;6-11,18,22H,12-13H2,1-5H3;6-11,16,21H,12H2,1-5H3. The van der Waals surface area contributed by atoms with Crippen molar-refractivity contribution in [3.8, 4) is 23.0 Å². The maximum Gasteiger partial charge on any atom is 0.337 e. The first-order valence-corrected chi connectivity index (χ1v) is 52.3. The Bertz CT molecular complexity index is 7060. The molecule has 3 N–H and O–H groups in total. The number of nitrogens with one attached hydrogen (secondary N) is 3. The average molecular weight is 2030 g/mol. The Morgan fingerprint density at radius 2 is 0.550 bits per heavy atom. The van der Waals surface area contributed by atoms with Crippen molar-refractivity contribution in [2.45, 2.75) is 312 Å². The highest BCUT2D eigenvalue weighted by Crippen LogP contribution is 2.50. The highest BCUT2D eigenvalue weighted by atomic mass is 16.6.